The summed E-state index contributed by atoms with van der Waals surface area (Å²) in [6.45, 7) is 0. The molecule has 1 aliphatic heterocycles. The molecule has 1 saturated heterocycles. The minimum absolute atomic E-state index is 0.0705. The van der Waals surface area contributed by atoms with Crippen molar-refractivity contribution >= 4 is 35.3 Å². The van der Waals surface area contributed by atoms with Gasteiger partial charge in [-0.3, -0.25) is 9.69 Å². The van der Waals surface area contributed by atoms with Crippen molar-refractivity contribution in [1.29, 1.82) is 0 Å². The van der Waals surface area contributed by atoms with Gasteiger partial charge in [0.15, 0.2) is 5.11 Å². The van der Waals surface area contributed by atoms with Gasteiger partial charge in [-0.15, -0.1) is 0 Å². The average molecular weight is 342 g/mol. The van der Waals surface area contributed by atoms with Crippen LogP contribution in [0.5, 0.6) is 0 Å². The topological polar surface area (TPSA) is 82.8 Å². The van der Waals surface area contributed by atoms with Gasteiger partial charge in [0.1, 0.15) is 17.5 Å². The molecule has 1 atom stereocenters. The van der Waals surface area contributed by atoms with Crippen LogP contribution in [-0.4, -0.2) is 33.0 Å². The third-order valence-corrected chi connectivity index (χ3v) is 3.91. The normalized spacial score (nSPS) is 17.2. The van der Waals surface area contributed by atoms with Crippen molar-refractivity contribution < 1.29 is 19.1 Å². The molecule has 6 nitrogen and oxygen atoms in total. The number of furan rings is 1. The zero-order chi connectivity index (χ0) is 17.1. The highest BCUT2D eigenvalue weighted by molar-refractivity contribution is 7.80. The summed E-state index contributed by atoms with van der Waals surface area (Å²) in [6, 6.07) is 11.4. The van der Waals surface area contributed by atoms with Crippen LogP contribution in [0.15, 0.2) is 58.8 Å². The zero-order valence-electron chi connectivity index (χ0n) is 12.5. The van der Waals surface area contributed by atoms with Crippen molar-refractivity contribution in [1.82, 2.24) is 10.2 Å². The molecule has 0 bridgehead atoms. The SMILES string of the molecule is O=C(O)C(Cc1ccccc1)N1C(=O)C(=Cc2ccco2)NC1=S. The minimum atomic E-state index is -1.12. The highest BCUT2D eigenvalue weighted by atomic mass is 32.1. The fraction of sp³-hybridized carbons (Fsp3) is 0.118. The third-order valence-electron chi connectivity index (χ3n) is 3.61. The summed E-state index contributed by atoms with van der Waals surface area (Å²) in [7, 11) is 0. The van der Waals surface area contributed by atoms with Crippen molar-refractivity contribution in [2.75, 3.05) is 0 Å². The largest absolute Gasteiger partial charge is 0.480 e. The van der Waals surface area contributed by atoms with E-state index >= 15 is 0 Å². The second kappa shape index (κ2) is 6.67. The number of hydrogen-bond acceptors (Lipinski definition) is 4. The average Bonchev–Trinajstić information content (AvgIpc) is 3.16. The predicted molar refractivity (Wildman–Crippen MR) is 90.8 cm³/mol. The molecule has 0 saturated carbocycles. The number of nitrogens with zero attached hydrogens (tertiary/aromatic N) is 1. The molecule has 7 heteroatoms. The summed E-state index contributed by atoms with van der Waals surface area (Å²) in [6.07, 6.45) is 3.14. The Kier molecular flexibility index (Phi) is 4.43. The second-order valence-corrected chi connectivity index (χ2v) is 5.61. The van der Waals surface area contributed by atoms with Crippen LogP contribution in [0.3, 0.4) is 0 Å². The van der Waals surface area contributed by atoms with Gasteiger partial charge in [0.05, 0.1) is 6.26 Å². The summed E-state index contributed by atoms with van der Waals surface area (Å²) in [5.41, 5.74) is 0.998. The molecule has 0 radical (unpaired) electrons. The molecule has 2 aromatic rings. The van der Waals surface area contributed by atoms with Crippen LogP contribution >= 0.6 is 12.2 Å². The van der Waals surface area contributed by atoms with Crippen LogP contribution in [0, 0.1) is 0 Å². The molecule has 1 unspecified atom stereocenters. The number of benzene rings is 1. The number of carboxylic acid groups (broad SMARTS) is 1. The molecular weight excluding hydrogens is 328 g/mol. The molecule has 2 heterocycles. The Hall–Kier alpha value is -2.93. The van der Waals surface area contributed by atoms with Gasteiger partial charge in [-0.05, 0) is 29.9 Å². The molecule has 1 fully saturated rings. The molecular formula is C17H14N2O4S. The second-order valence-electron chi connectivity index (χ2n) is 5.22. The number of hydrogen-bond donors (Lipinski definition) is 2. The van der Waals surface area contributed by atoms with E-state index < -0.39 is 17.9 Å². The molecule has 1 amide bonds. The van der Waals surface area contributed by atoms with Crippen LogP contribution in [0.1, 0.15) is 11.3 Å². The smallest absolute Gasteiger partial charge is 0.327 e. The number of nitrogens with one attached hydrogen (secondary N) is 1. The van der Waals surface area contributed by atoms with Gasteiger partial charge in [0.25, 0.3) is 5.91 Å². The minimum Gasteiger partial charge on any atom is -0.480 e. The zero-order valence-corrected chi connectivity index (χ0v) is 13.3. The Morgan fingerprint density at radius 3 is 2.67 bits per heavy atom. The van der Waals surface area contributed by atoms with Gasteiger partial charge in [-0.25, -0.2) is 4.79 Å². The van der Waals surface area contributed by atoms with Gasteiger partial charge in [-0.1, -0.05) is 30.3 Å². The summed E-state index contributed by atoms with van der Waals surface area (Å²) < 4.78 is 5.17. The molecule has 24 heavy (non-hydrogen) atoms. The van der Waals surface area contributed by atoms with Gasteiger partial charge in [0, 0.05) is 12.5 Å². The highest BCUT2D eigenvalue weighted by Crippen LogP contribution is 2.19. The number of carboxylic acids is 1. The van der Waals surface area contributed by atoms with E-state index in [-0.39, 0.29) is 17.2 Å². The maximum Gasteiger partial charge on any atom is 0.327 e. The molecule has 0 aliphatic carbocycles. The molecule has 1 aliphatic rings. The first kappa shape index (κ1) is 15.9. The first-order chi connectivity index (χ1) is 11.6. The number of aliphatic carboxylic acids is 1. The van der Waals surface area contributed by atoms with Crippen LogP contribution < -0.4 is 5.32 Å². The van der Waals surface area contributed by atoms with E-state index in [2.05, 4.69) is 5.32 Å². The molecule has 122 valence electrons. The monoisotopic (exact) mass is 342 g/mol. The van der Waals surface area contributed by atoms with Crippen molar-refractivity contribution in [3.63, 3.8) is 0 Å². The van der Waals surface area contributed by atoms with Gasteiger partial charge < -0.3 is 14.8 Å². The van der Waals surface area contributed by atoms with Gasteiger partial charge >= 0.3 is 5.97 Å². The molecule has 2 N–H and O–H groups in total. The van der Waals surface area contributed by atoms with Crippen molar-refractivity contribution in [3.8, 4) is 0 Å². The van der Waals surface area contributed by atoms with Crippen molar-refractivity contribution in [2.45, 2.75) is 12.5 Å². The Bertz CT molecular complexity index is 799. The lowest BCUT2D eigenvalue weighted by molar-refractivity contribution is -0.145. The lowest BCUT2D eigenvalue weighted by Crippen LogP contribution is -2.46. The summed E-state index contributed by atoms with van der Waals surface area (Å²) >= 11 is 5.16. The molecule has 0 spiro atoms. The van der Waals surface area contributed by atoms with Gasteiger partial charge in [-0.2, -0.15) is 0 Å². The molecule has 1 aromatic heterocycles. The Morgan fingerprint density at radius 1 is 1.29 bits per heavy atom. The molecule has 3 rings (SSSR count). The van der Waals surface area contributed by atoms with E-state index in [1.807, 2.05) is 30.3 Å². The first-order valence-electron chi connectivity index (χ1n) is 7.23. The van der Waals surface area contributed by atoms with E-state index in [0.29, 0.717) is 5.76 Å². The van der Waals surface area contributed by atoms with Crippen LogP contribution in [-0.2, 0) is 16.0 Å². The third kappa shape index (κ3) is 3.21. The van der Waals surface area contributed by atoms with Crippen LogP contribution in [0.2, 0.25) is 0 Å². The van der Waals surface area contributed by atoms with E-state index in [1.165, 1.54) is 12.3 Å². The van der Waals surface area contributed by atoms with Crippen molar-refractivity contribution in [3.05, 3.63) is 65.7 Å². The van der Waals surface area contributed by atoms with E-state index in [0.717, 1.165) is 10.5 Å². The quantitative estimate of drug-likeness (QED) is 0.639. The number of rotatable bonds is 5. The maximum absolute atomic E-state index is 12.6. The summed E-state index contributed by atoms with van der Waals surface area (Å²) in [4.78, 5) is 25.4. The van der Waals surface area contributed by atoms with Crippen LogP contribution in [0.25, 0.3) is 6.08 Å². The fourth-order valence-corrected chi connectivity index (χ4v) is 2.79. The molecule has 1 aromatic carbocycles. The number of carbonyl (C=O) groups excluding carboxylic acids is 1. The van der Waals surface area contributed by atoms with E-state index in [4.69, 9.17) is 16.6 Å². The lowest BCUT2D eigenvalue weighted by Gasteiger charge is -2.22. The van der Waals surface area contributed by atoms with Crippen molar-refractivity contribution in [2.24, 2.45) is 0 Å². The first-order valence-corrected chi connectivity index (χ1v) is 7.63. The number of thiocarbonyl (C=S) groups is 1. The van der Waals surface area contributed by atoms with Crippen LogP contribution in [0.4, 0.5) is 0 Å². The Balaban J connectivity index is 1.87. The van der Waals surface area contributed by atoms with E-state index in [1.54, 1.807) is 12.1 Å². The number of carbonyl (C=O) groups is 2. The standard InChI is InChI=1S/C17H14N2O4S/c20-15-13(10-12-7-4-8-23-12)18-17(24)19(15)14(16(21)22)9-11-5-2-1-3-6-11/h1-8,10,14H,9H2,(H,18,24)(H,21,22). The Morgan fingerprint density at radius 2 is 2.04 bits per heavy atom. The van der Waals surface area contributed by atoms with Gasteiger partial charge in [0.2, 0.25) is 0 Å². The highest BCUT2D eigenvalue weighted by Gasteiger charge is 2.39. The number of amides is 1. The van der Waals surface area contributed by atoms with E-state index in [9.17, 15) is 14.7 Å². The Labute approximate surface area is 143 Å². The lowest BCUT2D eigenvalue weighted by atomic mass is 10.0. The maximum atomic E-state index is 12.6. The summed E-state index contributed by atoms with van der Waals surface area (Å²) in [5, 5.41) is 12.4. The predicted octanol–water partition coefficient (Wildman–Crippen LogP) is 2.03. The fourth-order valence-electron chi connectivity index (χ4n) is 2.47. The summed E-state index contributed by atoms with van der Waals surface area (Å²) in [5.74, 6) is -1.12.